The van der Waals surface area contributed by atoms with Gasteiger partial charge in [-0.15, -0.1) is 0 Å². The van der Waals surface area contributed by atoms with Gasteiger partial charge in [0.1, 0.15) is 11.4 Å². The molecule has 0 fully saturated rings. The summed E-state index contributed by atoms with van der Waals surface area (Å²) in [5.74, 6) is -0.509. The first kappa shape index (κ1) is 18.3. The molecule has 0 saturated heterocycles. The summed E-state index contributed by atoms with van der Waals surface area (Å²) in [5, 5.41) is -0.669. The van der Waals surface area contributed by atoms with Crippen LogP contribution in [0.25, 0.3) is 11.3 Å². The molecule has 0 aliphatic heterocycles. The van der Waals surface area contributed by atoms with Gasteiger partial charge in [0.15, 0.2) is 0 Å². The normalized spacial score (nSPS) is 12.3. The maximum atomic E-state index is 12.9. The van der Waals surface area contributed by atoms with Crippen molar-refractivity contribution in [3.63, 3.8) is 0 Å². The Morgan fingerprint density at radius 1 is 1.00 bits per heavy atom. The van der Waals surface area contributed by atoms with Crippen LogP contribution < -0.4 is 4.74 Å². The molecule has 0 saturated carbocycles. The Morgan fingerprint density at radius 2 is 1.67 bits per heavy atom. The third kappa shape index (κ3) is 4.08. The Bertz CT molecular complexity index is 745. The fourth-order valence-electron chi connectivity index (χ4n) is 1.90. The van der Waals surface area contributed by atoms with E-state index in [1.54, 1.807) is 0 Å². The molecular formula is C14H9ClF6N2O. The van der Waals surface area contributed by atoms with Gasteiger partial charge < -0.3 is 4.74 Å². The lowest BCUT2D eigenvalue weighted by molar-refractivity contribution is -0.141. The van der Waals surface area contributed by atoms with Crippen molar-refractivity contribution in [2.24, 2.45) is 0 Å². The van der Waals surface area contributed by atoms with Crippen LogP contribution in [-0.2, 0) is 12.4 Å². The summed E-state index contributed by atoms with van der Waals surface area (Å²) < 4.78 is 82.0. The van der Waals surface area contributed by atoms with Crippen molar-refractivity contribution in [2.75, 3.05) is 6.61 Å². The van der Waals surface area contributed by atoms with E-state index in [4.69, 9.17) is 16.3 Å². The Kier molecular flexibility index (Phi) is 4.93. The third-order valence-corrected chi connectivity index (χ3v) is 3.04. The molecule has 0 N–H and O–H groups in total. The van der Waals surface area contributed by atoms with Crippen molar-refractivity contribution in [1.82, 2.24) is 9.97 Å². The fraction of sp³-hybridized carbons (Fsp3) is 0.286. The molecular weight excluding hydrogens is 362 g/mol. The van der Waals surface area contributed by atoms with E-state index in [-0.39, 0.29) is 17.9 Å². The van der Waals surface area contributed by atoms with Gasteiger partial charge in [0.05, 0.1) is 17.9 Å². The maximum absolute atomic E-state index is 12.9. The number of nitrogens with zero attached hydrogens (tertiary/aromatic N) is 2. The minimum absolute atomic E-state index is 0.0127. The van der Waals surface area contributed by atoms with Crippen molar-refractivity contribution >= 4 is 11.6 Å². The van der Waals surface area contributed by atoms with Gasteiger partial charge in [-0.1, -0.05) is 6.07 Å². The standard InChI is InChI=1S/C14H9ClF6N2O/c1-2-24-10-5-7(3-4-8(10)13(16,17)18)9-6-11(14(19,20)21)23-12(15)22-9/h3-6H,2H2,1H3. The number of alkyl halides is 6. The van der Waals surface area contributed by atoms with E-state index in [2.05, 4.69) is 9.97 Å². The molecule has 1 heterocycles. The van der Waals surface area contributed by atoms with Crippen LogP contribution in [0.5, 0.6) is 5.75 Å². The average molecular weight is 371 g/mol. The molecule has 3 nitrogen and oxygen atoms in total. The summed E-state index contributed by atoms with van der Waals surface area (Å²) >= 11 is 5.48. The van der Waals surface area contributed by atoms with Gasteiger partial charge in [-0.2, -0.15) is 26.3 Å². The summed E-state index contributed by atoms with van der Waals surface area (Å²) in [5.41, 5.74) is -2.61. The molecule has 0 spiro atoms. The Labute approximate surface area is 137 Å². The lowest BCUT2D eigenvalue weighted by atomic mass is 10.1. The molecule has 1 aromatic heterocycles. The smallest absolute Gasteiger partial charge is 0.433 e. The molecule has 2 rings (SSSR count). The second kappa shape index (κ2) is 6.46. The van der Waals surface area contributed by atoms with Gasteiger partial charge in [-0.05, 0) is 36.7 Å². The van der Waals surface area contributed by atoms with Gasteiger partial charge in [-0.25, -0.2) is 9.97 Å². The summed E-state index contributed by atoms with van der Waals surface area (Å²) in [6.45, 7) is 1.43. The molecule has 0 amide bonds. The number of hydrogen-bond donors (Lipinski definition) is 0. The monoisotopic (exact) mass is 370 g/mol. The largest absolute Gasteiger partial charge is 0.493 e. The first-order valence-electron chi connectivity index (χ1n) is 6.48. The van der Waals surface area contributed by atoms with Gasteiger partial charge in [0, 0.05) is 5.56 Å². The van der Waals surface area contributed by atoms with Crippen LogP contribution in [0.3, 0.4) is 0 Å². The van der Waals surface area contributed by atoms with Gasteiger partial charge >= 0.3 is 12.4 Å². The van der Waals surface area contributed by atoms with E-state index >= 15 is 0 Å². The van der Waals surface area contributed by atoms with Crippen LogP contribution in [0.15, 0.2) is 24.3 Å². The van der Waals surface area contributed by atoms with E-state index in [9.17, 15) is 26.3 Å². The number of aromatic nitrogens is 2. The molecule has 130 valence electrons. The van der Waals surface area contributed by atoms with Crippen molar-refractivity contribution in [2.45, 2.75) is 19.3 Å². The molecule has 24 heavy (non-hydrogen) atoms. The number of ether oxygens (including phenoxy) is 1. The third-order valence-electron chi connectivity index (χ3n) is 2.87. The number of halogens is 7. The van der Waals surface area contributed by atoms with Crippen molar-refractivity contribution in [1.29, 1.82) is 0 Å². The van der Waals surface area contributed by atoms with Gasteiger partial charge in [0.25, 0.3) is 0 Å². The summed E-state index contributed by atoms with van der Waals surface area (Å²) in [7, 11) is 0. The predicted molar refractivity (Wildman–Crippen MR) is 73.7 cm³/mol. The predicted octanol–water partition coefficient (Wildman–Crippen LogP) is 5.23. The van der Waals surface area contributed by atoms with Crippen LogP contribution >= 0.6 is 11.6 Å². The lowest BCUT2D eigenvalue weighted by Gasteiger charge is -2.15. The number of hydrogen-bond acceptors (Lipinski definition) is 3. The number of benzene rings is 1. The second-order valence-electron chi connectivity index (χ2n) is 4.55. The van der Waals surface area contributed by atoms with Crippen LogP contribution in [-0.4, -0.2) is 16.6 Å². The van der Waals surface area contributed by atoms with Crippen LogP contribution in [0.1, 0.15) is 18.2 Å². The zero-order valence-corrected chi connectivity index (χ0v) is 12.7. The van der Waals surface area contributed by atoms with Crippen molar-refractivity contribution < 1.29 is 31.1 Å². The molecule has 0 atom stereocenters. The lowest BCUT2D eigenvalue weighted by Crippen LogP contribution is -2.10. The average Bonchev–Trinajstić information content (AvgIpc) is 2.45. The highest BCUT2D eigenvalue weighted by molar-refractivity contribution is 6.28. The Morgan fingerprint density at radius 3 is 2.21 bits per heavy atom. The van der Waals surface area contributed by atoms with E-state index in [1.165, 1.54) is 6.92 Å². The SMILES string of the molecule is CCOc1cc(-c2cc(C(F)(F)F)nc(Cl)n2)ccc1C(F)(F)F. The molecule has 0 unspecified atom stereocenters. The molecule has 0 bridgehead atoms. The van der Waals surface area contributed by atoms with E-state index < -0.39 is 34.6 Å². The van der Waals surface area contributed by atoms with Crippen molar-refractivity contribution in [3.8, 4) is 17.0 Å². The quantitative estimate of drug-likeness (QED) is 0.548. The van der Waals surface area contributed by atoms with Gasteiger partial charge in [0.2, 0.25) is 5.28 Å². The first-order chi connectivity index (χ1) is 11.0. The van der Waals surface area contributed by atoms with Gasteiger partial charge in [-0.3, -0.25) is 0 Å². The van der Waals surface area contributed by atoms with E-state index in [1.807, 2.05) is 0 Å². The summed E-state index contributed by atoms with van der Waals surface area (Å²) in [6.07, 6.45) is -9.43. The Balaban J connectivity index is 2.57. The first-order valence-corrected chi connectivity index (χ1v) is 6.86. The summed E-state index contributed by atoms with van der Waals surface area (Å²) in [6, 6.07) is 3.27. The zero-order chi connectivity index (χ0) is 18.1. The maximum Gasteiger partial charge on any atom is 0.433 e. The van der Waals surface area contributed by atoms with Crippen LogP contribution in [0, 0.1) is 0 Å². The molecule has 0 radical (unpaired) electrons. The van der Waals surface area contributed by atoms with Crippen molar-refractivity contribution in [3.05, 3.63) is 40.8 Å². The molecule has 1 aromatic carbocycles. The highest BCUT2D eigenvalue weighted by Crippen LogP contribution is 2.39. The minimum Gasteiger partial charge on any atom is -0.493 e. The fourth-order valence-corrected chi connectivity index (χ4v) is 2.08. The summed E-state index contributed by atoms with van der Waals surface area (Å²) in [4.78, 5) is 6.69. The topological polar surface area (TPSA) is 35.0 Å². The van der Waals surface area contributed by atoms with Crippen LogP contribution in [0.2, 0.25) is 5.28 Å². The van der Waals surface area contributed by atoms with E-state index in [0.29, 0.717) is 12.1 Å². The molecule has 2 aromatic rings. The minimum atomic E-state index is -4.77. The zero-order valence-electron chi connectivity index (χ0n) is 12.0. The highest BCUT2D eigenvalue weighted by atomic mass is 35.5. The Hall–Kier alpha value is -2.03. The number of rotatable bonds is 3. The highest BCUT2D eigenvalue weighted by Gasteiger charge is 2.35. The van der Waals surface area contributed by atoms with E-state index in [0.717, 1.165) is 12.1 Å². The second-order valence-corrected chi connectivity index (χ2v) is 4.88. The molecule has 10 heteroatoms. The molecule has 0 aliphatic rings. The van der Waals surface area contributed by atoms with Crippen LogP contribution in [0.4, 0.5) is 26.3 Å². The molecule has 0 aliphatic carbocycles.